The Morgan fingerprint density at radius 2 is 2.11 bits per heavy atom. The predicted octanol–water partition coefficient (Wildman–Crippen LogP) is 3.23. The Morgan fingerprint density at radius 1 is 1.39 bits per heavy atom. The van der Waals surface area contributed by atoms with Gasteiger partial charge in [0.1, 0.15) is 5.82 Å². The number of hydrogen-bond acceptors (Lipinski definition) is 2. The van der Waals surface area contributed by atoms with Crippen molar-refractivity contribution in [3.8, 4) is 0 Å². The molecule has 0 aliphatic carbocycles. The predicted molar refractivity (Wildman–Crippen MR) is 73.5 cm³/mol. The fourth-order valence-electron chi connectivity index (χ4n) is 2.41. The molecule has 1 heterocycles. The van der Waals surface area contributed by atoms with Crippen LogP contribution in [0.4, 0.5) is 4.39 Å². The van der Waals surface area contributed by atoms with E-state index in [1.807, 2.05) is 0 Å². The smallest absolute Gasteiger partial charge is 0.124 e. The quantitative estimate of drug-likeness (QED) is 0.884. The highest BCUT2D eigenvalue weighted by atomic mass is 35.5. The first kappa shape index (κ1) is 13.8. The number of nitrogens with zero attached hydrogens (tertiary/aromatic N) is 1. The van der Waals surface area contributed by atoms with E-state index in [1.165, 1.54) is 38.1 Å². The van der Waals surface area contributed by atoms with Crippen LogP contribution in [0.5, 0.6) is 0 Å². The molecule has 0 amide bonds. The summed E-state index contributed by atoms with van der Waals surface area (Å²) in [5.41, 5.74) is 0.958. The van der Waals surface area contributed by atoms with Gasteiger partial charge in [0.25, 0.3) is 0 Å². The largest absolute Gasteiger partial charge is 0.309 e. The topological polar surface area (TPSA) is 15.3 Å². The van der Waals surface area contributed by atoms with Gasteiger partial charge in [0.2, 0.25) is 0 Å². The monoisotopic (exact) mass is 270 g/mol. The second-order valence-electron chi connectivity index (χ2n) is 4.89. The molecule has 1 aromatic carbocycles. The Labute approximate surface area is 113 Å². The molecule has 1 unspecified atom stereocenters. The maximum atomic E-state index is 13.0. The fraction of sp³-hybridized carbons (Fsp3) is 0.571. The first-order valence-corrected chi connectivity index (χ1v) is 6.95. The second kappa shape index (κ2) is 6.50. The summed E-state index contributed by atoms with van der Waals surface area (Å²) in [4.78, 5) is 2.46. The minimum Gasteiger partial charge on any atom is -0.309 e. The lowest BCUT2D eigenvalue weighted by atomic mass is 10.1. The zero-order chi connectivity index (χ0) is 13.0. The van der Waals surface area contributed by atoms with E-state index >= 15 is 0 Å². The third kappa shape index (κ3) is 3.67. The highest BCUT2D eigenvalue weighted by molar-refractivity contribution is 6.31. The first-order valence-electron chi connectivity index (χ1n) is 6.57. The lowest BCUT2D eigenvalue weighted by Crippen LogP contribution is -2.31. The maximum absolute atomic E-state index is 13.0. The van der Waals surface area contributed by atoms with Crippen LogP contribution in [0.15, 0.2) is 18.2 Å². The Morgan fingerprint density at radius 3 is 2.78 bits per heavy atom. The maximum Gasteiger partial charge on any atom is 0.124 e. The van der Waals surface area contributed by atoms with Gasteiger partial charge in [-0.3, -0.25) is 0 Å². The van der Waals surface area contributed by atoms with Crippen LogP contribution >= 0.6 is 11.6 Å². The van der Waals surface area contributed by atoms with E-state index in [0.29, 0.717) is 5.02 Å². The number of benzene rings is 1. The molecule has 1 aromatic rings. The van der Waals surface area contributed by atoms with Crippen LogP contribution < -0.4 is 5.32 Å². The molecule has 2 rings (SSSR count). The molecule has 0 saturated carbocycles. The summed E-state index contributed by atoms with van der Waals surface area (Å²) in [5, 5.41) is 3.93. The third-order valence-corrected chi connectivity index (χ3v) is 3.83. The molecule has 2 nitrogen and oxygen atoms in total. The second-order valence-corrected chi connectivity index (χ2v) is 5.30. The summed E-state index contributed by atoms with van der Waals surface area (Å²) in [6, 6.07) is 4.74. The molecule has 1 saturated heterocycles. The van der Waals surface area contributed by atoms with Crippen LogP contribution in [0.3, 0.4) is 0 Å². The van der Waals surface area contributed by atoms with E-state index in [0.717, 1.165) is 18.7 Å². The van der Waals surface area contributed by atoms with Crippen molar-refractivity contribution in [2.45, 2.75) is 25.8 Å². The van der Waals surface area contributed by atoms with E-state index < -0.39 is 0 Å². The van der Waals surface area contributed by atoms with Crippen LogP contribution in [0.2, 0.25) is 5.02 Å². The standard InChI is InChI=1S/C14H20ClFN2/c1-11(13-5-4-12(16)10-14(13)15)17-6-9-18-7-2-3-8-18/h4-5,10-11,17H,2-3,6-9H2,1H3. The third-order valence-electron chi connectivity index (χ3n) is 3.51. The Hall–Kier alpha value is -0.640. The fourth-order valence-corrected chi connectivity index (χ4v) is 2.74. The molecular formula is C14H20ClFN2. The van der Waals surface area contributed by atoms with Crippen LogP contribution in [-0.2, 0) is 0 Å². The van der Waals surface area contributed by atoms with Crippen LogP contribution in [0.25, 0.3) is 0 Å². The van der Waals surface area contributed by atoms with Gasteiger partial charge < -0.3 is 10.2 Å². The molecule has 18 heavy (non-hydrogen) atoms. The lowest BCUT2D eigenvalue weighted by Gasteiger charge is -2.19. The number of likely N-dealkylation sites (tertiary alicyclic amines) is 1. The minimum atomic E-state index is -0.284. The molecule has 1 aliphatic heterocycles. The molecule has 0 bridgehead atoms. The number of rotatable bonds is 5. The van der Waals surface area contributed by atoms with Gasteiger partial charge >= 0.3 is 0 Å². The summed E-state index contributed by atoms with van der Waals surface area (Å²) < 4.78 is 13.0. The summed E-state index contributed by atoms with van der Waals surface area (Å²) in [6.07, 6.45) is 2.64. The van der Waals surface area contributed by atoms with Gasteiger partial charge in [0.15, 0.2) is 0 Å². The summed E-state index contributed by atoms with van der Waals surface area (Å²) in [7, 11) is 0. The zero-order valence-electron chi connectivity index (χ0n) is 10.8. The number of nitrogens with one attached hydrogen (secondary N) is 1. The van der Waals surface area contributed by atoms with Crippen molar-refractivity contribution in [2.75, 3.05) is 26.2 Å². The van der Waals surface area contributed by atoms with Crippen molar-refractivity contribution < 1.29 is 4.39 Å². The van der Waals surface area contributed by atoms with Gasteiger partial charge in [-0.15, -0.1) is 0 Å². The van der Waals surface area contributed by atoms with E-state index in [2.05, 4.69) is 17.1 Å². The SMILES string of the molecule is CC(NCCN1CCCC1)c1ccc(F)cc1Cl. The minimum absolute atomic E-state index is 0.153. The molecule has 1 atom stereocenters. The van der Waals surface area contributed by atoms with Gasteiger partial charge in [-0.25, -0.2) is 4.39 Å². The van der Waals surface area contributed by atoms with Gasteiger partial charge in [0.05, 0.1) is 0 Å². The molecule has 0 aromatic heterocycles. The van der Waals surface area contributed by atoms with Crippen molar-refractivity contribution in [1.29, 1.82) is 0 Å². The molecule has 0 radical (unpaired) electrons. The Balaban J connectivity index is 1.81. The molecule has 1 N–H and O–H groups in total. The molecule has 1 aliphatic rings. The number of halogens is 2. The van der Waals surface area contributed by atoms with Gasteiger partial charge in [0, 0.05) is 24.2 Å². The van der Waals surface area contributed by atoms with Crippen molar-refractivity contribution in [3.05, 3.63) is 34.6 Å². The highest BCUT2D eigenvalue weighted by Crippen LogP contribution is 2.23. The first-order chi connectivity index (χ1) is 8.66. The van der Waals surface area contributed by atoms with Gasteiger partial charge in [-0.2, -0.15) is 0 Å². The van der Waals surface area contributed by atoms with Crippen molar-refractivity contribution >= 4 is 11.6 Å². The molecular weight excluding hydrogens is 251 g/mol. The van der Waals surface area contributed by atoms with Crippen LogP contribution in [-0.4, -0.2) is 31.1 Å². The zero-order valence-corrected chi connectivity index (χ0v) is 11.5. The molecule has 100 valence electrons. The van der Waals surface area contributed by atoms with Crippen molar-refractivity contribution in [3.63, 3.8) is 0 Å². The Kier molecular flexibility index (Phi) is 4.98. The summed E-state index contributed by atoms with van der Waals surface area (Å²) in [6.45, 7) is 6.50. The van der Waals surface area contributed by atoms with Crippen molar-refractivity contribution in [2.24, 2.45) is 0 Å². The number of hydrogen-bond donors (Lipinski definition) is 1. The molecule has 0 spiro atoms. The van der Waals surface area contributed by atoms with Crippen LogP contribution in [0, 0.1) is 5.82 Å². The van der Waals surface area contributed by atoms with Crippen LogP contribution in [0.1, 0.15) is 31.4 Å². The molecule has 1 fully saturated rings. The van der Waals surface area contributed by atoms with E-state index in [1.54, 1.807) is 6.07 Å². The highest BCUT2D eigenvalue weighted by Gasteiger charge is 2.13. The molecule has 4 heteroatoms. The normalized spacial score (nSPS) is 18.2. The van der Waals surface area contributed by atoms with E-state index in [9.17, 15) is 4.39 Å². The lowest BCUT2D eigenvalue weighted by molar-refractivity contribution is 0.330. The van der Waals surface area contributed by atoms with Crippen molar-refractivity contribution in [1.82, 2.24) is 10.2 Å². The van der Waals surface area contributed by atoms with E-state index in [4.69, 9.17) is 11.6 Å². The average molecular weight is 271 g/mol. The van der Waals surface area contributed by atoms with Gasteiger partial charge in [-0.05, 0) is 50.6 Å². The summed E-state index contributed by atoms with van der Waals surface area (Å²) >= 11 is 6.04. The van der Waals surface area contributed by atoms with Gasteiger partial charge in [-0.1, -0.05) is 17.7 Å². The average Bonchev–Trinajstić information content (AvgIpc) is 2.81. The summed E-state index contributed by atoms with van der Waals surface area (Å²) in [5.74, 6) is -0.284. The van der Waals surface area contributed by atoms with E-state index in [-0.39, 0.29) is 11.9 Å². The Bertz CT molecular complexity index is 391.